The Morgan fingerprint density at radius 3 is 2.47 bits per heavy atom. The van der Waals surface area contributed by atoms with E-state index in [1.165, 1.54) is 0 Å². The number of aromatic nitrogens is 2. The third-order valence-corrected chi connectivity index (χ3v) is 2.25. The number of hydrogen-bond donors (Lipinski definition) is 1. The smallest absolute Gasteiger partial charge is 0.0991 e. The van der Waals surface area contributed by atoms with Crippen LogP contribution in [0.4, 0.5) is 0 Å². The lowest BCUT2D eigenvalue weighted by Crippen LogP contribution is -1.71. The van der Waals surface area contributed by atoms with Crippen LogP contribution in [0.3, 0.4) is 0 Å². The Hall–Kier alpha value is -2.60. The van der Waals surface area contributed by atoms with Gasteiger partial charge in [-0.05, 0) is 36.4 Å². The summed E-state index contributed by atoms with van der Waals surface area (Å²) < 4.78 is 0. The Bertz CT molecular complexity index is 594. The maximum absolute atomic E-state index is 8.57. The number of rotatable bonds is 0. The Labute approximate surface area is 99.4 Å². The van der Waals surface area contributed by atoms with Crippen molar-refractivity contribution >= 4 is 10.9 Å². The summed E-state index contributed by atoms with van der Waals surface area (Å²) in [5, 5.41) is 9.66. The van der Waals surface area contributed by atoms with Crippen LogP contribution in [0.2, 0.25) is 0 Å². The standard InChI is InChI=1S/C9H6N2.C5H5N/c10-6-7-1-2-9-8(5-7)3-4-11-9;1-2-4-6-5-3-1/h1-5,11H;1-5H. The van der Waals surface area contributed by atoms with Gasteiger partial charge in [-0.25, -0.2) is 0 Å². The Balaban J connectivity index is 0.000000153. The Morgan fingerprint density at radius 1 is 1.06 bits per heavy atom. The molecule has 0 amide bonds. The van der Waals surface area contributed by atoms with Crippen LogP contribution in [0.1, 0.15) is 5.56 Å². The molecule has 0 saturated carbocycles. The van der Waals surface area contributed by atoms with Gasteiger partial charge in [0.2, 0.25) is 0 Å². The quantitative estimate of drug-likeness (QED) is 0.634. The second-order valence-corrected chi connectivity index (χ2v) is 3.42. The molecule has 2 heterocycles. The van der Waals surface area contributed by atoms with Crippen molar-refractivity contribution < 1.29 is 0 Å². The molecular formula is C14H11N3. The predicted molar refractivity (Wildman–Crippen MR) is 67.3 cm³/mol. The van der Waals surface area contributed by atoms with Gasteiger partial charge in [-0.2, -0.15) is 5.26 Å². The van der Waals surface area contributed by atoms with Crippen molar-refractivity contribution in [2.45, 2.75) is 0 Å². The lowest BCUT2D eigenvalue weighted by molar-refractivity contribution is 1.33. The Kier molecular flexibility index (Phi) is 3.51. The normalized spacial score (nSPS) is 9.12. The van der Waals surface area contributed by atoms with Gasteiger partial charge in [0.25, 0.3) is 0 Å². The first kappa shape index (κ1) is 10.9. The average molecular weight is 221 g/mol. The zero-order valence-corrected chi connectivity index (χ0v) is 9.17. The van der Waals surface area contributed by atoms with Crippen LogP contribution in [-0.2, 0) is 0 Å². The molecule has 0 aliphatic heterocycles. The van der Waals surface area contributed by atoms with Gasteiger partial charge in [-0.1, -0.05) is 6.07 Å². The first-order valence-electron chi connectivity index (χ1n) is 5.22. The van der Waals surface area contributed by atoms with Gasteiger partial charge in [0, 0.05) is 29.5 Å². The van der Waals surface area contributed by atoms with Gasteiger partial charge in [0.05, 0.1) is 11.6 Å². The van der Waals surface area contributed by atoms with Gasteiger partial charge in [-0.15, -0.1) is 0 Å². The molecule has 2 aromatic heterocycles. The summed E-state index contributed by atoms with van der Waals surface area (Å²) in [4.78, 5) is 6.85. The predicted octanol–water partition coefficient (Wildman–Crippen LogP) is 3.12. The fourth-order valence-corrected chi connectivity index (χ4v) is 1.44. The van der Waals surface area contributed by atoms with Gasteiger partial charge in [-0.3, -0.25) is 4.98 Å². The highest BCUT2D eigenvalue weighted by Gasteiger charge is 1.94. The highest BCUT2D eigenvalue weighted by molar-refractivity contribution is 5.80. The molecule has 0 atom stereocenters. The molecule has 3 rings (SSSR count). The van der Waals surface area contributed by atoms with Crippen LogP contribution in [0.25, 0.3) is 10.9 Å². The van der Waals surface area contributed by atoms with E-state index in [2.05, 4.69) is 16.0 Å². The summed E-state index contributed by atoms with van der Waals surface area (Å²) in [6.07, 6.45) is 5.37. The van der Waals surface area contributed by atoms with Crippen LogP contribution in [-0.4, -0.2) is 9.97 Å². The number of nitriles is 1. The zero-order chi connectivity index (χ0) is 11.9. The number of nitrogens with zero attached hydrogens (tertiary/aromatic N) is 2. The third kappa shape index (κ3) is 2.93. The highest BCUT2D eigenvalue weighted by Crippen LogP contribution is 2.12. The molecule has 17 heavy (non-hydrogen) atoms. The van der Waals surface area contributed by atoms with Crippen molar-refractivity contribution in [3.05, 3.63) is 66.6 Å². The monoisotopic (exact) mass is 221 g/mol. The molecule has 3 heteroatoms. The summed E-state index contributed by atoms with van der Waals surface area (Å²) in [5.74, 6) is 0. The van der Waals surface area contributed by atoms with Crippen molar-refractivity contribution in [1.82, 2.24) is 9.97 Å². The number of H-pyrrole nitrogens is 1. The molecule has 3 aromatic rings. The first-order chi connectivity index (χ1) is 8.40. The molecule has 1 N–H and O–H groups in total. The molecule has 0 fully saturated rings. The van der Waals surface area contributed by atoms with Crippen molar-refractivity contribution in [1.29, 1.82) is 5.26 Å². The van der Waals surface area contributed by atoms with Gasteiger partial charge < -0.3 is 4.98 Å². The van der Waals surface area contributed by atoms with Crippen molar-refractivity contribution in [3.63, 3.8) is 0 Å². The van der Waals surface area contributed by atoms with E-state index in [-0.39, 0.29) is 0 Å². The van der Waals surface area contributed by atoms with Crippen LogP contribution in [0, 0.1) is 11.3 Å². The van der Waals surface area contributed by atoms with E-state index in [9.17, 15) is 0 Å². The van der Waals surface area contributed by atoms with Gasteiger partial charge in [0.1, 0.15) is 0 Å². The number of fused-ring (bicyclic) bond motifs is 1. The minimum Gasteiger partial charge on any atom is -0.361 e. The van der Waals surface area contributed by atoms with Crippen LogP contribution in [0.15, 0.2) is 61.1 Å². The fourth-order valence-electron chi connectivity index (χ4n) is 1.44. The van der Waals surface area contributed by atoms with E-state index in [1.807, 2.05) is 42.6 Å². The van der Waals surface area contributed by atoms with E-state index in [0.717, 1.165) is 10.9 Å². The topological polar surface area (TPSA) is 52.5 Å². The first-order valence-corrected chi connectivity index (χ1v) is 5.22. The maximum Gasteiger partial charge on any atom is 0.0991 e. The van der Waals surface area contributed by atoms with Gasteiger partial charge in [0.15, 0.2) is 0 Å². The zero-order valence-electron chi connectivity index (χ0n) is 9.17. The molecule has 0 spiro atoms. The summed E-state index contributed by atoms with van der Waals surface area (Å²) in [5.41, 5.74) is 1.78. The largest absolute Gasteiger partial charge is 0.361 e. The van der Waals surface area contributed by atoms with E-state index < -0.39 is 0 Å². The molecule has 0 unspecified atom stereocenters. The second-order valence-electron chi connectivity index (χ2n) is 3.42. The summed E-state index contributed by atoms with van der Waals surface area (Å²) in [6.45, 7) is 0. The van der Waals surface area contributed by atoms with Crippen LogP contribution >= 0.6 is 0 Å². The van der Waals surface area contributed by atoms with Crippen molar-refractivity contribution in [2.24, 2.45) is 0 Å². The van der Waals surface area contributed by atoms with Crippen molar-refractivity contribution in [3.8, 4) is 6.07 Å². The second kappa shape index (κ2) is 5.47. The maximum atomic E-state index is 8.57. The number of benzene rings is 1. The minimum absolute atomic E-state index is 0.706. The van der Waals surface area contributed by atoms with E-state index in [1.54, 1.807) is 18.5 Å². The third-order valence-electron chi connectivity index (χ3n) is 2.25. The lowest BCUT2D eigenvalue weighted by atomic mass is 10.2. The molecule has 1 aromatic carbocycles. The van der Waals surface area contributed by atoms with Crippen molar-refractivity contribution in [2.75, 3.05) is 0 Å². The average Bonchev–Trinajstić information content (AvgIpc) is 2.88. The number of pyridine rings is 1. The molecule has 82 valence electrons. The number of nitrogens with one attached hydrogen (secondary N) is 1. The number of hydrogen-bond acceptors (Lipinski definition) is 2. The molecule has 0 bridgehead atoms. The number of aromatic amines is 1. The fraction of sp³-hybridized carbons (Fsp3) is 0. The Morgan fingerprint density at radius 2 is 1.88 bits per heavy atom. The van der Waals surface area contributed by atoms with Crippen LogP contribution < -0.4 is 0 Å². The van der Waals surface area contributed by atoms with Gasteiger partial charge >= 0.3 is 0 Å². The molecule has 0 radical (unpaired) electrons. The minimum atomic E-state index is 0.706. The molecule has 0 saturated heterocycles. The summed E-state index contributed by atoms with van der Waals surface area (Å²) >= 11 is 0. The van der Waals surface area contributed by atoms with E-state index >= 15 is 0 Å². The molecule has 0 aliphatic rings. The van der Waals surface area contributed by atoms with E-state index in [0.29, 0.717) is 5.56 Å². The van der Waals surface area contributed by atoms with E-state index in [4.69, 9.17) is 5.26 Å². The molecular weight excluding hydrogens is 210 g/mol. The SMILES string of the molecule is N#Cc1ccc2[nH]ccc2c1.c1ccncc1. The highest BCUT2D eigenvalue weighted by atomic mass is 14.7. The van der Waals surface area contributed by atoms with Crippen LogP contribution in [0.5, 0.6) is 0 Å². The molecule has 0 aliphatic carbocycles. The summed E-state index contributed by atoms with van der Waals surface area (Å²) in [7, 11) is 0. The summed E-state index contributed by atoms with van der Waals surface area (Å²) in [6, 6.07) is 15.3. The molecule has 3 nitrogen and oxygen atoms in total. The lowest BCUT2D eigenvalue weighted by Gasteiger charge is -1.88.